The van der Waals surface area contributed by atoms with E-state index in [-0.39, 0.29) is 6.04 Å². The third-order valence-electron chi connectivity index (χ3n) is 4.57. The van der Waals surface area contributed by atoms with Crippen LogP contribution in [0.5, 0.6) is 0 Å². The molecular weight excluding hydrogens is 244 g/mol. The fraction of sp³-hybridized carbons (Fsp3) is 0.611. The Balaban J connectivity index is 2.04. The van der Waals surface area contributed by atoms with E-state index in [0.717, 1.165) is 12.3 Å². The first-order valence-corrected chi connectivity index (χ1v) is 8.03. The molecule has 20 heavy (non-hydrogen) atoms. The second kappa shape index (κ2) is 8.07. The molecule has 2 rings (SSSR count). The quantitative estimate of drug-likeness (QED) is 0.820. The van der Waals surface area contributed by atoms with Gasteiger partial charge in [0.05, 0.1) is 12.5 Å². The first-order chi connectivity index (χ1) is 9.85. The van der Waals surface area contributed by atoms with Crippen LogP contribution in [-0.4, -0.2) is 6.04 Å². The summed E-state index contributed by atoms with van der Waals surface area (Å²) in [6, 6.07) is 13.5. The molecule has 2 heteroatoms. The first kappa shape index (κ1) is 15.1. The first-order valence-electron chi connectivity index (χ1n) is 8.03. The summed E-state index contributed by atoms with van der Waals surface area (Å²) >= 11 is 0. The van der Waals surface area contributed by atoms with E-state index in [1.165, 1.54) is 37.7 Å². The van der Waals surface area contributed by atoms with Gasteiger partial charge >= 0.3 is 0 Å². The van der Waals surface area contributed by atoms with Crippen LogP contribution in [0.1, 0.15) is 63.5 Å². The Morgan fingerprint density at radius 3 is 2.50 bits per heavy atom. The molecule has 1 aliphatic carbocycles. The van der Waals surface area contributed by atoms with Crippen LogP contribution < -0.4 is 5.32 Å². The zero-order valence-electron chi connectivity index (χ0n) is 12.5. The highest BCUT2D eigenvalue weighted by Crippen LogP contribution is 2.29. The van der Waals surface area contributed by atoms with Crippen LogP contribution in [0.3, 0.4) is 0 Å². The lowest BCUT2D eigenvalue weighted by Gasteiger charge is -2.33. The van der Waals surface area contributed by atoms with Crippen molar-refractivity contribution in [2.75, 3.05) is 0 Å². The molecule has 0 radical (unpaired) electrons. The van der Waals surface area contributed by atoms with Crippen LogP contribution >= 0.6 is 0 Å². The van der Waals surface area contributed by atoms with E-state index in [0.29, 0.717) is 12.5 Å². The average molecular weight is 270 g/mol. The average Bonchev–Trinajstić information content (AvgIpc) is 2.53. The van der Waals surface area contributed by atoms with E-state index in [4.69, 9.17) is 5.26 Å². The van der Waals surface area contributed by atoms with Crippen molar-refractivity contribution in [3.8, 4) is 6.07 Å². The van der Waals surface area contributed by atoms with Crippen LogP contribution in [0, 0.1) is 17.2 Å². The summed E-state index contributed by atoms with van der Waals surface area (Å²) < 4.78 is 0. The number of hydrogen-bond acceptors (Lipinski definition) is 2. The van der Waals surface area contributed by atoms with E-state index in [1.807, 2.05) is 6.07 Å². The molecule has 0 bridgehead atoms. The molecule has 1 fully saturated rings. The maximum absolute atomic E-state index is 9.10. The smallest absolute Gasteiger partial charge is 0.0641 e. The van der Waals surface area contributed by atoms with Crippen molar-refractivity contribution < 1.29 is 0 Å². The lowest BCUT2D eigenvalue weighted by molar-refractivity contribution is 0.246. The SMILES string of the molecule is CCC(NC(CC#N)c1ccccc1)C1CCCCC1. The number of nitrogens with one attached hydrogen (secondary N) is 1. The lowest BCUT2D eigenvalue weighted by atomic mass is 9.82. The zero-order chi connectivity index (χ0) is 14.2. The van der Waals surface area contributed by atoms with Crippen LogP contribution in [0.2, 0.25) is 0 Å². The largest absolute Gasteiger partial charge is 0.306 e. The molecule has 0 amide bonds. The van der Waals surface area contributed by atoms with Gasteiger partial charge in [0.1, 0.15) is 0 Å². The van der Waals surface area contributed by atoms with Crippen molar-refractivity contribution in [2.24, 2.45) is 5.92 Å². The summed E-state index contributed by atoms with van der Waals surface area (Å²) in [6.45, 7) is 2.26. The standard InChI is InChI=1S/C18H26N2/c1-2-17(15-9-5-3-6-10-15)20-18(13-14-19)16-11-7-4-8-12-16/h4,7-8,11-12,15,17-18,20H,2-3,5-6,9-10,13H2,1H3. The fourth-order valence-electron chi connectivity index (χ4n) is 3.43. The van der Waals surface area contributed by atoms with Crippen molar-refractivity contribution in [3.63, 3.8) is 0 Å². The van der Waals surface area contributed by atoms with Crippen LogP contribution in [0.15, 0.2) is 30.3 Å². The summed E-state index contributed by atoms with van der Waals surface area (Å²) in [7, 11) is 0. The predicted octanol–water partition coefficient (Wildman–Crippen LogP) is 4.59. The number of hydrogen-bond donors (Lipinski definition) is 1. The van der Waals surface area contributed by atoms with Gasteiger partial charge in [-0.1, -0.05) is 56.5 Å². The minimum Gasteiger partial charge on any atom is -0.306 e. The molecule has 1 aliphatic rings. The monoisotopic (exact) mass is 270 g/mol. The summed E-state index contributed by atoms with van der Waals surface area (Å²) in [4.78, 5) is 0. The molecule has 2 unspecified atom stereocenters. The lowest BCUT2D eigenvalue weighted by Crippen LogP contribution is -2.39. The maximum Gasteiger partial charge on any atom is 0.0641 e. The van der Waals surface area contributed by atoms with Crippen molar-refractivity contribution in [3.05, 3.63) is 35.9 Å². The molecule has 0 saturated heterocycles. The normalized spacial score (nSPS) is 19.2. The van der Waals surface area contributed by atoms with Gasteiger partial charge < -0.3 is 5.32 Å². The Hall–Kier alpha value is -1.33. The molecule has 0 heterocycles. The molecule has 1 aromatic carbocycles. The molecule has 0 aromatic heterocycles. The van der Waals surface area contributed by atoms with Gasteiger partial charge in [-0.3, -0.25) is 0 Å². The van der Waals surface area contributed by atoms with Crippen LogP contribution in [0.25, 0.3) is 0 Å². The van der Waals surface area contributed by atoms with Crippen molar-refractivity contribution >= 4 is 0 Å². The second-order valence-electron chi connectivity index (χ2n) is 5.91. The van der Waals surface area contributed by atoms with E-state index in [1.54, 1.807) is 0 Å². The van der Waals surface area contributed by atoms with Gasteiger partial charge in [0.15, 0.2) is 0 Å². The summed E-state index contributed by atoms with van der Waals surface area (Å²) in [6.07, 6.45) is 8.53. The van der Waals surface area contributed by atoms with Crippen molar-refractivity contribution in [2.45, 2.75) is 64.0 Å². The minimum absolute atomic E-state index is 0.174. The molecule has 0 aliphatic heterocycles. The number of nitrogens with zero attached hydrogens (tertiary/aromatic N) is 1. The third-order valence-corrected chi connectivity index (χ3v) is 4.57. The van der Waals surface area contributed by atoms with E-state index in [9.17, 15) is 0 Å². The highest BCUT2D eigenvalue weighted by molar-refractivity contribution is 5.20. The Morgan fingerprint density at radius 2 is 1.90 bits per heavy atom. The summed E-state index contributed by atoms with van der Waals surface area (Å²) in [5, 5.41) is 12.9. The minimum atomic E-state index is 0.174. The predicted molar refractivity (Wildman–Crippen MR) is 83.2 cm³/mol. The molecule has 108 valence electrons. The third kappa shape index (κ3) is 4.08. The Morgan fingerprint density at radius 1 is 1.20 bits per heavy atom. The molecule has 1 N–H and O–H groups in total. The second-order valence-corrected chi connectivity index (χ2v) is 5.91. The molecule has 1 aromatic rings. The van der Waals surface area contributed by atoms with E-state index in [2.05, 4.69) is 42.6 Å². The van der Waals surface area contributed by atoms with Gasteiger partial charge in [0.2, 0.25) is 0 Å². The molecule has 2 atom stereocenters. The molecular formula is C18H26N2. The van der Waals surface area contributed by atoms with Gasteiger partial charge in [0.25, 0.3) is 0 Å². The van der Waals surface area contributed by atoms with Gasteiger partial charge in [0, 0.05) is 12.1 Å². The molecule has 1 saturated carbocycles. The van der Waals surface area contributed by atoms with Crippen LogP contribution in [-0.2, 0) is 0 Å². The van der Waals surface area contributed by atoms with Gasteiger partial charge in [-0.25, -0.2) is 0 Å². The zero-order valence-corrected chi connectivity index (χ0v) is 12.5. The Labute approximate surface area is 123 Å². The van der Waals surface area contributed by atoms with Gasteiger partial charge in [-0.05, 0) is 30.7 Å². The number of rotatable bonds is 6. The van der Waals surface area contributed by atoms with Gasteiger partial charge in [-0.2, -0.15) is 5.26 Å². The van der Waals surface area contributed by atoms with Crippen molar-refractivity contribution in [1.29, 1.82) is 5.26 Å². The maximum atomic E-state index is 9.10. The molecule has 2 nitrogen and oxygen atoms in total. The summed E-state index contributed by atoms with van der Waals surface area (Å²) in [5.41, 5.74) is 1.24. The highest BCUT2D eigenvalue weighted by atomic mass is 15.0. The van der Waals surface area contributed by atoms with E-state index < -0.39 is 0 Å². The van der Waals surface area contributed by atoms with Crippen molar-refractivity contribution in [1.82, 2.24) is 5.32 Å². The van der Waals surface area contributed by atoms with Gasteiger partial charge in [-0.15, -0.1) is 0 Å². The molecule has 0 spiro atoms. The highest BCUT2D eigenvalue weighted by Gasteiger charge is 2.24. The van der Waals surface area contributed by atoms with E-state index >= 15 is 0 Å². The number of benzene rings is 1. The Bertz CT molecular complexity index is 415. The number of nitriles is 1. The summed E-state index contributed by atoms with van der Waals surface area (Å²) in [5.74, 6) is 0.790. The van der Waals surface area contributed by atoms with Crippen LogP contribution in [0.4, 0.5) is 0 Å². The fourth-order valence-corrected chi connectivity index (χ4v) is 3.43. The Kier molecular flexibility index (Phi) is 6.08. The topological polar surface area (TPSA) is 35.8 Å².